The van der Waals surface area contributed by atoms with Gasteiger partial charge in [0, 0.05) is 0 Å². The average molecular weight is 162 g/mol. The molecule has 1 aromatic heterocycles. The number of hydrogen-bond acceptors (Lipinski definition) is 3. The fraction of sp³-hybridized carbons (Fsp3) is 0. The SMILES string of the molecule is Bc1ccc2nc(N)sc2c1. The van der Waals surface area contributed by atoms with Gasteiger partial charge in [-0.05, 0) is 12.1 Å². The van der Waals surface area contributed by atoms with Crippen LogP contribution in [0.1, 0.15) is 0 Å². The van der Waals surface area contributed by atoms with E-state index in [9.17, 15) is 0 Å². The number of anilines is 1. The number of thiazole rings is 1. The van der Waals surface area contributed by atoms with Crippen LogP contribution in [0.25, 0.3) is 10.2 Å². The summed E-state index contributed by atoms with van der Waals surface area (Å²) < 4.78 is 1.17. The average Bonchev–Trinajstić information content (AvgIpc) is 2.27. The Balaban J connectivity index is 2.82. The molecule has 4 heteroatoms. The summed E-state index contributed by atoms with van der Waals surface area (Å²) in [5.41, 5.74) is 7.80. The molecule has 0 atom stereocenters. The maximum Gasteiger partial charge on any atom is 0.181 e. The van der Waals surface area contributed by atoms with Crippen molar-refractivity contribution in [1.29, 1.82) is 0 Å². The van der Waals surface area contributed by atoms with Crippen molar-refractivity contribution in [3.05, 3.63) is 18.2 Å². The number of rotatable bonds is 0. The van der Waals surface area contributed by atoms with Crippen LogP contribution in [0.5, 0.6) is 0 Å². The van der Waals surface area contributed by atoms with E-state index in [-0.39, 0.29) is 0 Å². The third kappa shape index (κ3) is 1.09. The van der Waals surface area contributed by atoms with Crippen LogP contribution in [0.3, 0.4) is 0 Å². The molecular formula is C7H7BN2S. The highest BCUT2D eigenvalue weighted by Gasteiger charge is 1.98. The minimum Gasteiger partial charge on any atom is -0.375 e. The maximum absolute atomic E-state index is 5.55. The van der Waals surface area contributed by atoms with Gasteiger partial charge in [-0.1, -0.05) is 22.9 Å². The Labute approximate surface area is 69.5 Å². The molecule has 54 valence electrons. The van der Waals surface area contributed by atoms with Gasteiger partial charge < -0.3 is 5.73 Å². The highest BCUT2D eigenvalue weighted by molar-refractivity contribution is 7.22. The molecule has 1 aromatic carbocycles. The molecule has 0 bridgehead atoms. The monoisotopic (exact) mass is 162 g/mol. The van der Waals surface area contributed by atoms with E-state index >= 15 is 0 Å². The summed E-state index contributed by atoms with van der Waals surface area (Å²) in [6, 6.07) is 6.14. The summed E-state index contributed by atoms with van der Waals surface area (Å²) >= 11 is 1.53. The fourth-order valence-electron chi connectivity index (χ4n) is 1.05. The Morgan fingerprint density at radius 3 is 3.09 bits per heavy atom. The van der Waals surface area contributed by atoms with Gasteiger partial charge in [0.05, 0.1) is 10.2 Å². The fourth-order valence-corrected chi connectivity index (χ4v) is 1.88. The number of nitrogen functional groups attached to an aromatic ring is 1. The molecule has 2 nitrogen and oxygen atoms in total. The number of hydrogen-bond donors (Lipinski definition) is 1. The van der Waals surface area contributed by atoms with Gasteiger partial charge in [0.1, 0.15) is 7.85 Å². The van der Waals surface area contributed by atoms with E-state index in [2.05, 4.69) is 18.9 Å². The zero-order chi connectivity index (χ0) is 7.84. The van der Waals surface area contributed by atoms with E-state index in [1.807, 2.05) is 12.1 Å². The van der Waals surface area contributed by atoms with E-state index in [1.165, 1.54) is 21.5 Å². The number of nitrogens with zero attached hydrogens (tertiary/aromatic N) is 1. The lowest BCUT2D eigenvalue weighted by molar-refractivity contribution is 1.50. The number of nitrogens with two attached hydrogens (primary N) is 1. The van der Waals surface area contributed by atoms with Gasteiger partial charge in [-0.3, -0.25) is 0 Å². The smallest absolute Gasteiger partial charge is 0.181 e. The highest BCUT2D eigenvalue weighted by Crippen LogP contribution is 2.21. The van der Waals surface area contributed by atoms with Gasteiger partial charge in [-0.25, -0.2) is 4.98 Å². The lowest BCUT2D eigenvalue weighted by Gasteiger charge is -1.88. The van der Waals surface area contributed by atoms with E-state index in [4.69, 9.17) is 5.73 Å². The lowest BCUT2D eigenvalue weighted by Crippen LogP contribution is -1.98. The predicted octanol–water partition coefficient (Wildman–Crippen LogP) is 0.137. The second-order valence-electron chi connectivity index (χ2n) is 2.52. The molecule has 2 N–H and O–H groups in total. The van der Waals surface area contributed by atoms with E-state index in [0.717, 1.165) is 5.52 Å². The Hall–Kier alpha value is -1.03. The predicted molar refractivity (Wildman–Crippen MR) is 52.2 cm³/mol. The summed E-state index contributed by atoms with van der Waals surface area (Å²) in [5, 5.41) is 0.644. The molecule has 0 saturated carbocycles. The van der Waals surface area contributed by atoms with Crippen LogP contribution in [0.2, 0.25) is 0 Å². The number of benzene rings is 1. The third-order valence-electron chi connectivity index (χ3n) is 1.56. The van der Waals surface area contributed by atoms with Crippen molar-refractivity contribution < 1.29 is 0 Å². The molecule has 11 heavy (non-hydrogen) atoms. The first-order chi connectivity index (χ1) is 5.25. The van der Waals surface area contributed by atoms with Crippen LogP contribution < -0.4 is 11.2 Å². The van der Waals surface area contributed by atoms with Gasteiger partial charge >= 0.3 is 0 Å². The van der Waals surface area contributed by atoms with Gasteiger partial charge in [0.2, 0.25) is 0 Å². The lowest BCUT2D eigenvalue weighted by atomic mass is 9.97. The van der Waals surface area contributed by atoms with Crippen LogP contribution >= 0.6 is 11.3 Å². The molecule has 0 amide bonds. The Morgan fingerprint density at radius 2 is 2.27 bits per heavy atom. The second-order valence-corrected chi connectivity index (χ2v) is 3.59. The van der Waals surface area contributed by atoms with Crippen molar-refractivity contribution in [2.75, 3.05) is 5.73 Å². The van der Waals surface area contributed by atoms with Crippen LogP contribution in [-0.2, 0) is 0 Å². The zero-order valence-corrected chi connectivity index (χ0v) is 6.98. The van der Waals surface area contributed by atoms with Crippen molar-refractivity contribution in [2.24, 2.45) is 0 Å². The van der Waals surface area contributed by atoms with E-state index in [0.29, 0.717) is 5.13 Å². The molecule has 0 radical (unpaired) electrons. The maximum atomic E-state index is 5.55. The summed E-state index contributed by atoms with van der Waals surface area (Å²) in [7, 11) is 2.06. The van der Waals surface area contributed by atoms with Crippen molar-refractivity contribution in [2.45, 2.75) is 0 Å². The first kappa shape index (κ1) is 6.67. The van der Waals surface area contributed by atoms with E-state index in [1.54, 1.807) is 0 Å². The Kier molecular flexibility index (Phi) is 1.36. The topological polar surface area (TPSA) is 38.9 Å². The zero-order valence-electron chi connectivity index (χ0n) is 6.16. The molecule has 2 aromatic rings. The Morgan fingerprint density at radius 1 is 1.45 bits per heavy atom. The first-order valence-corrected chi connectivity index (χ1v) is 4.20. The first-order valence-electron chi connectivity index (χ1n) is 3.38. The van der Waals surface area contributed by atoms with Crippen molar-refractivity contribution in [1.82, 2.24) is 4.98 Å². The summed E-state index contributed by atoms with van der Waals surface area (Å²) in [5.74, 6) is 0. The molecule has 0 unspecified atom stereocenters. The minimum atomic E-state index is 0.644. The highest BCUT2D eigenvalue weighted by atomic mass is 32.1. The van der Waals surface area contributed by atoms with E-state index < -0.39 is 0 Å². The minimum absolute atomic E-state index is 0.644. The van der Waals surface area contributed by atoms with Crippen LogP contribution in [0, 0.1) is 0 Å². The number of aromatic nitrogens is 1. The van der Waals surface area contributed by atoms with Crippen LogP contribution in [0.4, 0.5) is 5.13 Å². The van der Waals surface area contributed by atoms with Crippen molar-refractivity contribution >= 4 is 40.0 Å². The third-order valence-corrected chi connectivity index (χ3v) is 2.41. The second kappa shape index (κ2) is 2.24. The Bertz CT molecular complexity index is 396. The molecule has 0 fully saturated rings. The molecule has 2 rings (SSSR count). The van der Waals surface area contributed by atoms with Crippen molar-refractivity contribution in [3.63, 3.8) is 0 Å². The number of fused-ring (bicyclic) bond motifs is 1. The molecule has 1 heterocycles. The molecular weight excluding hydrogens is 155 g/mol. The normalized spacial score (nSPS) is 10.5. The quantitative estimate of drug-likeness (QED) is 0.559. The molecule has 0 aliphatic rings. The van der Waals surface area contributed by atoms with Gasteiger partial charge in [0.25, 0.3) is 0 Å². The van der Waals surface area contributed by atoms with Gasteiger partial charge in [0.15, 0.2) is 5.13 Å². The largest absolute Gasteiger partial charge is 0.375 e. The molecule has 0 saturated heterocycles. The molecule has 0 aliphatic carbocycles. The standard InChI is InChI=1S/C7H7BN2S/c8-4-1-2-5-6(3-4)11-7(9)10-5/h1-3H,8H2,(H2,9,10). The summed E-state index contributed by atoms with van der Waals surface area (Å²) in [6.07, 6.45) is 0. The van der Waals surface area contributed by atoms with Crippen molar-refractivity contribution in [3.8, 4) is 0 Å². The summed E-state index contributed by atoms with van der Waals surface area (Å²) in [4.78, 5) is 4.15. The summed E-state index contributed by atoms with van der Waals surface area (Å²) in [6.45, 7) is 0. The van der Waals surface area contributed by atoms with Gasteiger partial charge in [-0.15, -0.1) is 0 Å². The molecule has 0 spiro atoms. The van der Waals surface area contributed by atoms with Gasteiger partial charge in [-0.2, -0.15) is 0 Å². The van der Waals surface area contributed by atoms with Crippen LogP contribution in [-0.4, -0.2) is 12.8 Å². The molecule has 0 aliphatic heterocycles. The van der Waals surface area contributed by atoms with Crippen LogP contribution in [0.15, 0.2) is 18.2 Å².